The highest BCUT2D eigenvalue weighted by atomic mass is 16.5. The second-order valence-corrected chi connectivity index (χ2v) is 4.03. The molecule has 0 aromatic rings. The fourth-order valence-corrected chi connectivity index (χ4v) is 1.12. The van der Waals surface area contributed by atoms with Gasteiger partial charge in [-0.3, -0.25) is 0 Å². The highest BCUT2D eigenvalue weighted by Gasteiger charge is 2.15. The molecule has 1 unspecified atom stereocenters. The van der Waals surface area contributed by atoms with Crippen molar-refractivity contribution in [1.29, 1.82) is 0 Å². The molecule has 0 rings (SSSR count). The van der Waals surface area contributed by atoms with Crippen LogP contribution in [0.2, 0.25) is 0 Å². The van der Waals surface area contributed by atoms with Gasteiger partial charge in [-0.05, 0) is 27.2 Å². The van der Waals surface area contributed by atoms with Gasteiger partial charge in [-0.2, -0.15) is 0 Å². The van der Waals surface area contributed by atoms with Gasteiger partial charge in [0.25, 0.3) is 0 Å². The first-order valence-electron chi connectivity index (χ1n) is 4.40. The van der Waals surface area contributed by atoms with E-state index in [2.05, 4.69) is 39.6 Å². The van der Waals surface area contributed by atoms with Gasteiger partial charge in [0.05, 0.1) is 6.10 Å². The lowest BCUT2D eigenvalue weighted by Crippen LogP contribution is -2.38. The minimum Gasteiger partial charge on any atom is -0.382 e. The van der Waals surface area contributed by atoms with Crippen LogP contribution in [-0.4, -0.2) is 18.8 Å². The van der Waals surface area contributed by atoms with Crippen LogP contribution in [0.15, 0.2) is 12.3 Å². The van der Waals surface area contributed by atoms with E-state index in [1.165, 1.54) is 0 Å². The molecule has 0 spiro atoms. The van der Waals surface area contributed by atoms with Gasteiger partial charge in [0, 0.05) is 18.3 Å². The summed E-state index contributed by atoms with van der Waals surface area (Å²) in [7, 11) is 1.71. The third kappa shape index (κ3) is 4.39. The maximum Gasteiger partial charge on any atom is 0.0956 e. The average molecular weight is 171 g/mol. The zero-order valence-electron chi connectivity index (χ0n) is 8.90. The van der Waals surface area contributed by atoms with Crippen LogP contribution in [0.25, 0.3) is 0 Å². The van der Waals surface area contributed by atoms with Gasteiger partial charge in [-0.1, -0.05) is 13.5 Å². The van der Waals surface area contributed by atoms with Crippen LogP contribution >= 0.6 is 0 Å². The van der Waals surface area contributed by atoms with Crippen molar-refractivity contribution in [3.05, 3.63) is 12.3 Å². The van der Waals surface area contributed by atoms with Gasteiger partial charge in [-0.25, -0.2) is 0 Å². The van der Waals surface area contributed by atoms with Crippen molar-refractivity contribution >= 4 is 0 Å². The van der Waals surface area contributed by atoms with E-state index in [1.807, 2.05) is 0 Å². The standard InChI is InChI=1S/C10H21NO/c1-7-9(12-6)8(2)11-10(3,4)5/h9,11H,2,7H2,1,3-6H3. The number of ether oxygens (including phenoxy) is 1. The summed E-state index contributed by atoms with van der Waals surface area (Å²) in [5, 5.41) is 3.30. The second-order valence-electron chi connectivity index (χ2n) is 4.03. The van der Waals surface area contributed by atoms with Crippen molar-refractivity contribution < 1.29 is 4.74 Å². The number of nitrogens with one attached hydrogen (secondary N) is 1. The first-order chi connectivity index (χ1) is 5.40. The number of hydrogen-bond donors (Lipinski definition) is 1. The van der Waals surface area contributed by atoms with Gasteiger partial charge in [-0.15, -0.1) is 0 Å². The Hall–Kier alpha value is -0.500. The predicted octanol–water partition coefficient (Wildman–Crippen LogP) is 2.31. The van der Waals surface area contributed by atoms with Crippen LogP contribution in [0.3, 0.4) is 0 Å². The molecule has 0 amide bonds. The second kappa shape index (κ2) is 4.51. The Labute approximate surface area is 76.0 Å². The molecule has 0 saturated heterocycles. The molecule has 1 N–H and O–H groups in total. The highest BCUT2D eigenvalue weighted by Crippen LogP contribution is 2.09. The molecular formula is C10H21NO. The lowest BCUT2D eigenvalue weighted by molar-refractivity contribution is 0.119. The Morgan fingerprint density at radius 2 is 2.00 bits per heavy atom. The molecule has 1 atom stereocenters. The Kier molecular flexibility index (Phi) is 4.32. The van der Waals surface area contributed by atoms with E-state index in [0.29, 0.717) is 0 Å². The minimum atomic E-state index is 0.0725. The lowest BCUT2D eigenvalue weighted by Gasteiger charge is -2.27. The molecule has 12 heavy (non-hydrogen) atoms. The van der Waals surface area contributed by atoms with Crippen LogP contribution in [0.1, 0.15) is 34.1 Å². The van der Waals surface area contributed by atoms with Crippen molar-refractivity contribution in [2.75, 3.05) is 7.11 Å². The van der Waals surface area contributed by atoms with Crippen molar-refractivity contribution in [3.63, 3.8) is 0 Å². The van der Waals surface area contributed by atoms with Gasteiger partial charge < -0.3 is 10.1 Å². The molecule has 0 saturated carbocycles. The molecule has 2 nitrogen and oxygen atoms in total. The fraction of sp³-hybridized carbons (Fsp3) is 0.800. The molecule has 0 bridgehead atoms. The smallest absolute Gasteiger partial charge is 0.0956 e. The number of methoxy groups -OCH3 is 1. The fourth-order valence-electron chi connectivity index (χ4n) is 1.12. The molecule has 0 aliphatic heterocycles. The van der Waals surface area contributed by atoms with E-state index in [1.54, 1.807) is 7.11 Å². The van der Waals surface area contributed by atoms with E-state index in [4.69, 9.17) is 4.74 Å². The van der Waals surface area contributed by atoms with Crippen LogP contribution in [0.5, 0.6) is 0 Å². The average Bonchev–Trinajstić information content (AvgIpc) is 1.85. The third-order valence-corrected chi connectivity index (χ3v) is 1.58. The summed E-state index contributed by atoms with van der Waals surface area (Å²) in [5.74, 6) is 0. The van der Waals surface area contributed by atoms with Crippen molar-refractivity contribution in [1.82, 2.24) is 5.32 Å². The maximum absolute atomic E-state index is 5.25. The normalized spacial score (nSPS) is 14.1. The first-order valence-corrected chi connectivity index (χ1v) is 4.40. The summed E-state index contributed by atoms with van der Waals surface area (Å²) in [5.41, 5.74) is 1.04. The summed E-state index contributed by atoms with van der Waals surface area (Å²) in [6.07, 6.45) is 1.09. The van der Waals surface area contributed by atoms with Gasteiger partial charge in [0.1, 0.15) is 0 Å². The summed E-state index contributed by atoms with van der Waals surface area (Å²) < 4.78 is 5.25. The third-order valence-electron chi connectivity index (χ3n) is 1.58. The summed E-state index contributed by atoms with van der Waals surface area (Å²) in [4.78, 5) is 0. The van der Waals surface area contributed by atoms with Crippen LogP contribution < -0.4 is 5.32 Å². The van der Waals surface area contributed by atoms with E-state index in [-0.39, 0.29) is 11.6 Å². The number of rotatable bonds is 4. The summed E-state index contributed by atoms with van der Waals surface area (Å²) in [6, 6.07) is 0. The zero-order chi connectivity index (χ0) is 9.78. The molecule has 0 aromatic heterocycles. The van der Waals surface area contributed by atoms with E-state index in [9.17, 15) is 0 Å². The van der Waals surface area contributed by atoms with Crippen molar-refractivity contribution in [3.8, 4) is 0 Å². The Morgan fingerprint density at radius 3 is 2.25 bits per heavy atom. The monoisotopic (exact) mass is 171 g/mol. The summed E-state index contributed by atoms with van der Waals surface area (Å²) >= 11 is 0. The van der Waals surface area contributed by atoms with E-state index < -0.39 is 0 Å². The SMILES string of the molecule is C=C(NC(C)(C)C)C(CC)OC. The predicted molar refractivity (Wildman–Crippen MR) is 53.1 cm³/mol. The molecular weight excluding hydrogens is 150 g/mol. The van der Waals surface area contributed by atoms with E-state index in [0.717, 1.165) is 12.1 Å². The summed E-state index contributed by atoms with van der Waals surface area (Å²) in [6.45, 7) is 12.4. The lowest BCUT2D eigenvalue weighted by atomic mass is 10.1. The van der Waals surface area contributed by atoms with E-state index >= 15 is 0 Å². The van der Waals surface area contributed by atoms with Crippen LogP contribution in [-0.2, 0) is 4.74 Å². The molecule has 0 radical (unpaired) electrons. The first kappa shape index (κ1) is 11.5. The van der Waals surface area contributed by atoms with Crippen molar-refractivity contribution in [2.24, 2.45) is 0 Å². The zero-order valence-corrected chi connectivity index (χ0v) is 8.90. The molecule has 0 aromatic carbocycles. The van der Waals surface area contributed by atoms with Gasteiger partial charge in [0.15, 0.2) is 0 Å². The molecule has 0 aliphatic rings. The molecule has 0 heterocycles. The Bertz CT molecular complexity index is 142. The quantitative estimate of drug-likeness (QED) is 0.701. The topological polar surface area (TPSA) is 21.3 Å². The molecule has 2 heteroatoms. The van der Waals surface area contributed by atoms with Crippen LogP contribution in [0.4, 0.5) is 0 Å². The molecule has 72 valence electrons. The molecule has 0 fully saturated rings. The largest absolute Gasteiger partial charge is 0.382 e. The minimum absolute atomic E-state index is 0.0725. The van der Waals surface area contributed by atoms with Crippen molar-refractivity contribution in [2.45, 2.75) is 45.8 Å². The highest BCUT2D eigenvalue weighted by molar-refractivity contribution is 5.02. The Balaban J connectivity index is 4.02. The van der Waals surface area contributed by atoms with Gasteiger partial charge in [0.2, 0.25) is 0 Å². The maximum atomic E-state index is 5.25. The van der Waals surface area contributed by atoms with Crippen LogP contribution in [0, 0.1) is 0 Å². The van der Waals surface area contributed by atoms with Gasteiger partial charge >= 0.3 is 0 Å². The molecule has 0 aliphatic carbocycles. The Morgan fingerprint density at radius 1 is 1.50 bits per heavy atom. The number of hydrogen-bond acceptors (Lipinski definition) is 2.